The number of ether oxygens (including phenoxy) is 4. The third-order valence-electron chi connectivity index (χ3n) is 5.26. The number of hydrogen-bond donors (Lipinski definition) is 0. The average molecular weight is 468 g/mol. The second kappa shape index (κ2) is 11.1. The predicted molar refractivity (Wildman–Crippen MR) is 131 cm³/mol. The van der Waals surface area contributed by atoms with Crippen LogP contribution in [0.25, 0.3) is 16.6 Å². The first-order chi connectivity index (χ1) is 16.3. The van der Waals surface area contributed by atoms with Gasteiger partial charge in [-0.25, -0.2) is 9.59 Å². The monoisotopic (exact) mass is 467 g/mol. The zero-order chi connectivity index (χ0) is 24.8. The number of hydrogen-bond acceptors (Lipinski definition) is 6. The Morgan fingerprint density at radius 1 is 0.912 bits per heavy atom. The van der Waals surface area contributed by atoms with E-state index in [0.717, 1.165) is 22.6 Å². The second-order valence-corrected chi connectivity index (χ2v) is 8.41. The molecule has 34 heavy (non-hydrogen) atoms. The zero-order valence-corrected chi connectivity index (χ0v) is 20.7. The number of fused-ring (bicyclic) bond motifs is 1. The summed E-state index contributed by atoms with van der Waals surface area (Å²) < 4.78 is 24.0. The molecule has 0 spiro atoms. The van der Waals surface area contributed by atoms with E-state index in [2.05, 4.69) is 0 Å². The van der Waals surface area contributed by atoms with Crippen LogP contribution in [-0.2, 0) is 14.3 Å². The van der Waals surface area contributed by atoms with Crippen molar-refractivity contribution in [2.24, 2.45) is 5.92 Å². The van der Waals surface area contributed by atoms with Crippen LogP contribution in [0.15, 0.2) is 42.5 Å². The molecule has 7 heteroatoms. The molecule has 1 unspecified atom stereocenters. The summed E-state index contributed by atoms with van der Waals surface area (Å²) in [5.41, 5.74) is 2.93. The van der Waals surface area contributed by atoms with E-state index in [9.17, 15) is 9.59 Å². The topological polar surface area (TPSA) is 76.0 Å². The molecule has 0 aliphatic carbocycles. The molecule has 0 aliphatic heterocycles. The molecular weight excluding hydrogens is 434 g/mol. The van der Waals surface area contributed by atoms with E-state index >= 15 is 0 Å². The summed E-state index contributed by atoms with van der Waals surface area (Å²) in [6, 6.07) is 13.1. The Balaban J connectivity index is 2.02. The number of carbonyl (C=O) groups is 2. The molecule has 0 radical (unpaired) electrons. The van der Waals surface area contributed by atoms with Crippen molar-refractivity contribution in [1.82, 2.24) is 4.57 Å². The minimum Gasteiger partial charge on any atom is -0.494 e. The van der Waals surface area contributed by atoms with Gasteiger partial charge in [-0.2, -0.15) is 0 Å². The van der Waals surface area contributed by atoms with Crippen molar-refractivity contribution in [2.45, 2.75) is 47.6 Å². The smallest absolute Gasteiger partial charge is 0.347 e. The summed E-state index contributed by atoms with van der Waals surface area (Å²) in [5, 5.41) is 0.685. The van der Waals surface area contributed by atoms with Crippen LogP contribution in [0.4, 0.5) is 0 Å². The average Bonchev–Trinajstić information content (AvgIpc) is 3.09. The Kier molecular flexibility index (Phi) is 8.21. The fourth-order valence-corrected chi connectivity index (χ4v) is 3.74. The SMILES string of the molecule is CCOC(=O)c1c(C)n(-c2ccc(OCC)cc2)c2ccc(OC(C)C(=O)OCC(C)C)cc12. The van der Waals surface area contributed by atoms with Crippen LogP contribution in [0.3, 0.4) is 0 Å². The molecule has 1 aromatic heterocycles. The lowest BCUT2D eigenvalue weighted by atomic mass is 10.1. The number of benzene rings is 2. The number of esters is 2. The Morgan fingerprint density at radius 3 is 2.21 bits per heavy atom. The van der Waals surface area contributed by atoms with Gasteiger partial charge in [0.1, 0.15) is 11.5 Å². The molecule has 0 saturated carbocycles. The number of carbonyl (C=O) groups excluding carboxylic acids is 2. The highest BCUT2D eigenvalue weighted by Crippen LogP contribution is 2.33. The normalized spacial score (nSPS) is 12.0. The van der Waals surface area contributed by atoms with Gasteiger partial charge in [0.15, 0.2) is 6.10 Å². The fourth-order valence-electron chi connectivity index (χ4n) is 3.74. The maximum Gasteiger partial charge on any atom is 0.347 e. The molecule has 3 rings (SSSR count). The van der Waals surface area contributed by atoms with Gasteiger partial charge in [-0.05, 0) is 76.1 Å². The third-order valence-corrected chi connectivity index (χ3v) is 5.26. The molecule has 0 N–H and O–H groups in total. The minimum atomic E-state index is -0.781. The zero-order valence-electron chi connectivity index (χ0n) is 20.7. The summed E-state index contributed by atoms with van der Waals surface area (Å²) >= 11 is 0. The van der Waals surface area contributed by atoms with Gasteiger partial charge in [0, 0.05) is 16.8 Å². The van der Waals surface area contributed by atoms with E-state index in [1.165, 1.54) is 0 Å². The molecule has 2 aromatic carbocycles. The van der Waals surface area contributed by atoms with Crippen LogP contribution in [-0.4, -0.2) is 42.4 Å². The molecule has 182 valence electrons. The van der Waals surface area contributed by atoms with E-state index in [1.54, 1.807) is 26.0 Å². The standard InChI is InChI=1S/C27H33NO6/c1-7-31-21-11-9-20(10-12-21)28-18(5)25(27(30)32-8-2)23-15-22(13-14-24(23)28)34-19(6)26(29)33-16-17(3)4/h9-15,17,19H,7-8,16H2,1-6H3. The van der Waals surface area contributed by atoms with Gasteiger partial charge < -0.3 is 23.5 Å². The van der Waals surface area contributed by atoms with Gasteiger partial charge in [0.05, 0.1) is 30.9 Å². The van der Waals surface area contributed by atoms with Crippen LogP contribution >= 0.6 is 0 Å². The Bertz CT molecular complexity index is 1150. The van der Waals surface area contributed by atoms with Crippen molar-refractivity contribution in [3.63, 3.8) is 0 Å². The third kappa shape index (κ3) is 5.53. The quantitative estimate of drug-likeness (QED) is 0.368. The first-order valence-corrected chi connectivity index (χ1v) is 11.6. The lowest BCUT2D eigenvalue weighted by molar-refractivity contribution is -0.152. The van der Waals surface area contributed by atoms with Crippen LogP contribution < -0.4 is 9.47 Å². The summed E-state index contributed by atoms with van der Waals surface area (Å²) in [6.07, 6.45) is -0.781. The van der Waals surface area contributed by atoms with Crippen LogP contribution in [0.2, 0.25) is 0 Å². The van der Waals surface area contributed by atoms with E-state index < -0.39 is 18.0 Å². The number of nitrogens with zero attached hydrogens (tertiary/aromatic N) is 1. The Morgan fingerprint density at radius 2 is 1.59 bits per heavy atom. The summed E-state index contributed by atoms with van der Waals surface area (Å²) in [5.74, 6) is 0.652. The second-order valence-electron chi connectivity index (χ2n) is 8.41. The van der Waals surface area contributed by atoms with E-state index in [1.807, 2.05) is 62.6 Å². The molecule has 1 atom stereocenters. The minimum absolute atomic E-state index is 0.241. The van der Waals surface area contributed by atoms with E-state index in [-0.39, 0.29) is 12.5 Å². The fraction of sp³-hybridized carbons (Fsp3) is 0.407. The Hall–Kier alpha value is -3.48. The van der Waals surface area contributed by atoms with E-state index in [0.29, 0.717) is 29.9 Å². The Labute approximate surface area is 200 Å². The van der Waals surface area contributed by atoms with Crippen molar-refractivity contribution >= 4 is 22.8 Å². The predicted octanol–water partition coefficient (Wildman–Crippen LogP) is 5.48. The highest BCUT2D eigenvalue weighted by molar-refractivity contribution is 6.07. The molecule has 0 bridgehead atoms. The van der Waals surface area contributed by atoms with Gasteiger partial charge in [-0.15, -0.1) is 0 Å². The summed E-state index contributed by atoms with van der Waals surface area (Å²) in [7, 11) is 0. The maximum absolute atomic E-state index is 12.9. The summed E-state index contributed by atoms with van der Waals surface area (Å²) in [4.78, 5) is 25.1. The van der Waals surface area contributed by atoms with E-state index in [4.69, 9.17) is 18.9 Å². The lowest BCUT2D eigenvalue weighted by Gasteiger charge is -2.15. The van der Waals surface area contributed by atoms with Gasteiger partial charge >= 0.3 is 11.9 Å². The van der Waals surface area contributed by atoms with Crippen LogP contribution in [0.5, 0.6) is 11.5 Å². The highest BCUT2D eigenvalue weighted by Gasteiger charge is 2.24. The first-order valence-electron chi connectivity index (χ1n) is 11.6. The highest BCUT2D eigenvalue weighted by atomic mass is 16.6. The van der Waals surface area contributed by atoms with Crippen LogP contribution in [0, 0.1) is 12.8 Å². The molecule has 0 saturated heterocycles. The van der Waals surface area contributed by atoms with Crippen molar-refractivity contribution in [1.29, 1.82) is 0 Å². The van der Waals surface area contributed by atoms with Crippen LogP contribution in [0.1, 0.15) is 50.7 Å². The number of rotatable bonds is 10. The molecular formula is C27H33NO6. The van der Waals surface area contributed by atoms with Gasteiger partial charge in [-0.3, -0.25) is 0 Å². The summed E-state index contributed by atoms with van der Waals surface area (Å²) in [6.45, 7) is 12.4. The van der Waals surface area contributed by atoms with Gasteiger partial charge in [0.2, 0.25) is 0 Å². The van der Waals surface area contributed by atoms with Gasteiger partial charge in [-0.1, -0.05) is 13.8 Å². The van der Waals surface area contributed by atoms with Crippen molar-refractivity contribution in [2.75, 3.05) is 19.8 Å². The molecule has 0 amide bonds. The van der Waals surface area contributed by atoms with Gasteiger partial charge in [0.25, 0.3) is 0 Å². The largest absolute Gasteiger partial charge is 0.494 e. The molecule has 1 heterocycles. The van der Waals surface area contributed by atoms with Crippen molar-refractivity contribution < 1.29 is 28.5 Å². The first kappa shape index (κ1) is 25.1. The molecule has 7 nitrogen and oxygen atoms in total. The molecule has 0 aliphatic rings. The van der Waals surface area contributed by atoms with Crippen molar-refractivity contribution in [3.05, 3.63) is 53.7 Å². The van der Waals surface area contributed by atoms with Crippen molar-refractivity contribution in [3.8, 4) is 17.2 Å². The molecule has 3 aromatic rings. The number of aromatic nitrogens is 1. The lowest BCUT2D eigenvalue weighted by Crippen LogP contribution is -2.27. The molecule has 0 fully saturated rings. The maximum atomic E-state index is 12.9.